The van der Waals surface area contributed by atoms with E-state index in [9.17, 15) is 4.79 Å². The number of hydrogen-bond acceptors (Lipinski definition) is 4. The Morgan fingerprint density at radius 3 is 2.52 bits per heavy atom. The molecule has 1 N–H and O–H groups in total. The molecule has 0 spiro atoms. The summed E-state index contributed by atoms with van der Waals surface area (Å²) in [5.74, 6) is 1.81. The van der Waals surface area contributed by atoms with Gasteiger partial charge in [0, 0.05) is 16.1 Å². The van der Waals surface area contributed by atoms with Crippen LogP contribution in [0, 0.1) is 0 Å². The number of para-hydroxylation sites is 2. The van der Waals surface area contributed by atoms with Gasteiger partial charge in [-0.15, -0.1) is 0 Å². The van der Waals surface area contributed by atoms with Crippen LogP contribution in [0.1, 0.15) is 5.56 Å². The molecule has 0 aliphatic heterocycles. The van der Waals surface area contributed by atoms with Crippen LogP contribution in [-0.4, -0.2) is 33.3 Å². The van der Waals surface area contributed by atoms with Gasteiger partial charge in [-0.25, -0.2) is 0 Å². The van der Waals surface area contributed by atoms with E-state index in [0.29, 0.717) is 30.4 Å². The number of carbonyl (C=O) groups is 1. The lowest BCUT2D eigenvalue weighted by molar-refractivity contribution is -0.116. The summed E-state index contributed by atoms with van der Waals surface area (Å²) in [7, 11) is 3.18. The van der Waals surface area contributed by atoms with Crippen LogP contribution in [-0.2, 0) is 4.79 Å². The Morgan fingerprint density at radius 1 is 1.08 bits per heavy atom. The first-order valence-corrected chi connectivity index (χ1v) is 8.48. The average molecular weight is 406 g/mol. The maximum atomic E-state index is 11.9. The van der Waals surface area contributed by atoms with Crippen LogP contribution in [0.25, 0.3) is 6.08 Å². The van der Waals surface area contributed by atoms with Crippen LogP contribution in [0.2, 0.25) is 0 Å². The molecular formula is C19H20BrNO4. The van der Waals surface area contributed by atoms with Crippen molar-refractivity contribution in [3.8, 4) is 17.2 Å². The van der Waals surface area contributed by atoms with Crippen molar-refractivity contribution in [2.75, 3.05) is 27.4 Å². The molecule has 25 heavy (non-hydrogen) atoms. The Hall–Kier alpha value is -2.47. The average Bonchev–Trinajstić information content (AvgIpc) is 2.64. The molecule has 0 saturated carbocycles. The van der Waals surface area contributed by atoms with E-state index < -0.39 is 0 Å². The Labute approximate surface area is 155 Å². The molecule has 0 heterocycles. The lowest BCUT2D eigenvalue weighted by Gasteiger charge is -2.10. The molecule has 5 nitrogen and oxygen atoms in total. The van der Waals surface area contributed by atoms with Gasteiger partial charge in [-0.1, -0.05) is 28.1 Å². The number of halogens is 1. The lowest BCUT2D eigenvalue weighted by Crippen LogP contribution is -2.26. The highest BCUT2D eigenvalue weighted by Crippen LogP contribution is 2.25. The fraction of sp³-hybridized carbons (Fsp3) is 0.211. The van der Waals surface area contributed by atoms with Crippen molar-refractivity contribution in [2.45, 2.75) is 0 Å². The van der Waals surface area contributed by atoms with Gasteiger partial charge in [0.1, 0.15) is 12.4 Å². The van der Waals surface area contributed by atoms with E-state index in [4.69, 9.17) is 14.2 Å². The predicted octanol–water partition coefficient (Wildman–Crippen LogP) is 3.67. The fourth-order valence-electron chi connectivity index (χ4n) is 2.13. The zero-order valence-corrected chi connectivity index (χ0v) is 15.7. The second-order valence-electron chi connectivity index (χ2n) is 5.01. The summed E-state index contributed by atoms with van der Waals surface area (Å²) in [6.45, 7) is 0.733. The summed E-state index contributed by atoms with van der Waals surface area (Å²) >= 11 is 3.40. The molecule has 2 aromatic carbocycles. The lowest BCUT2D eigenvalue weighted by atomic mass is 10.2. The van der Waals surface area contributed by atoms with E-state index in [1.807, 2.05) is 42.5 Å². The van der Waals surface area contributed by atoms with Crippen molar-refractivity contribution >= 4 is 27.9 Å². The molecule has 0 unspecified atom stereocenters. The van der Waals surface area contributed by atoms with Crippen molar-refractivity contribution < 1.29 is 19.0 Å². The first-order chi connectivity index (χ1) is 12.1. The maximum absolute atomic E-state index is 11.9. The highest BCUT2D eigenvalue weighted by Gasteiger charge is 2.03. The maximum Gasteiger partial charge on any atom is 0.244 e. The molecule has 0 atom stereocenters. The molecule has 2 rings (SSSR count). The van der Waals surface area contributed by atoms with Gasteiger partial charge in [-0.05, 0) is 36.4 Å². The van der Waals surface area contributed by atoms with E-state index in [0.717, 1.165) is 10.0 Å². The number of benzene rings is 2. The van der Waals surface area contributed by atoms with E-state index in [1.165, 1.54) is 6.08 Å². The predicted molar refractivity (Wildman–Crippen MR) is 101 cm³/mol. The van der Waals surface area contributed by atoms with Gasteiger partial charge in [0.25, 0.3) is 0 Å². The summed E-state index contributed by atoms with van der Waals surface area (Å²) in [5, 5.41) is 2.77. The Morgan fingerprint density at radius 2 is 1.80 bits per heavy atom. The number of ether oxygens (including phenoxy) is 3. The molecule has 0 fully saturated rings. The van der Waals surface area contributed by atoms with Gasteiger partial charge in [0.05, 0.1) is 20.8 Å². The second kappa shape index (κ2) is 9.74. The molecule has 6 heteroatoms. The summed E-state index contributed by atoms with van der Waals surface area (Å²) < 4.78 is 17.0. The fourth-order valence-corrected chi connectivity index (χ4v) is 2.51. The van der Waals surface area contributed by atoms with Crippen LogP contribution >= 0.6 is 15.9 Å². The number of amides is 1. The molecule has 0 aliphatic rings. The molecule has 1 amide bonds. The molecule has 0 bridgehead atoms. The molecule has 2 aromatic rings. The molecule has 0 aromatic heterocycles. The minimum absolute atomic E-state index is 0.203. The summed E-state index contributed by atoms with van der Waals surface area (Å²) in [4.78, 5) is 11.9. The van der Waals surface area contributed by atoms with Gasteiger partial charge in [-0.3, -0.25) is 4.79 Å². The summed E-state index contributed by atoms with van der Waals surface area (Å²) in [6.07, 6.45) is 3.17. The van der Waals surface area contributed by atoms with Crippen LogP contribution < -0.4 is 19.5 Å². The number of carbonyl (C=O) groups excluding carboxylic acids is 1. The standard InChI is InChI=1S/C19H20BrNO4/c1-23-16-9-8-15(20)13-14(16)7-10-19(22)21-11-12-25-18-6-4-3-5-17(18)24-2/h3-10,13H,11-12H2,1-2H3,(H,21,22)/b10-7+. The quantitative estimate of drug-likeness (QED) is 0.537. The Kier molecular flexibility index (Phi) is 7.35. The van der Waals surface area contributed by atoms with Gasteiger partial charge >= 0.3 is 0 Å². The molecule has 132 valence electrons. The zero-order chi connectivity index (χ0) is 18.1. The van der Waals surface area contributed by atoms with Crippen LogP contribution in [0.4, 0.5) is 0 Å². The number of hydrogen-bond donors (Lipinski definition) is 1. The first kappa shape index (κ1) is 18.9. The first-order valence-electron chi connectivity index (χ1n) is 7.69. The van der Waals surface area contributed by atoms with E-state index in [1.54, 1.807) is 20.3 Å². The number of methoxy groups -OCH3 is 2. The largest absolute Gasteiger partial charge is 0.496 e. The monoisotopic (exact) mass is 405 g/mol. The Balaban J connectivity index is 1.82. The van der Waals surface area contributed by atoms with E-state index in [-0.39, 0.29) is 5.91 Å². The molecular weight excluding hydrogens is 386 g/mol. The number of rotatable bonds is 8. The van der Waals surface area contributed by atoms with Gasteiger partial charge in [0.2, 0.25) is 5.91 Å². The summed E-state index contributed by atoms with van der Waals surface area (Å²) in [5.41, 5.74) is 0.817. The third-order valence-corrected chi connectivity index (χ3v) is 3.83. The van der Waals surface area contributed by atoms with Crippen LogP contribution in [0.15, 0.2) is 53.0 Å². The normalized spacial score (nSPS) is 10.5. The van der Waals surface area contributed by atoms with Crippen molar-refractivity contribution in [1.82, 2.24) is 5.32 Å². The van der Waals surface area contributed by atoms with Gasteiger partial charge in [0.15, 0.2) is 11.5 Å². The topological polar surface area (TPSA) is 56.8 Å². The Bertz CT molecular complexity index is 746. The van der Waals surface area contributed by atoms with Gasteiger partial charge in [-0.2, -0.15) is 0 Å². The van der Waals surface area contributed by atoms with Crippen LogP contribution in [0.3, 0.4) is 0 Å². The highest BCUT2D eigenvalue weighted by atomic mass is 79.9. The van der Waals surface area contributed by atoms with Crippen molar-refractivity contribution in [3.63, 3.8) is 0 Å². The highest BCUT2D eigenvalue weighted by molar-refractivity contribution is 9.10. The molecule has 0 saturated heterocycles. The minimum atomic E-state index is -0.203. The molecule has 0 radical (unpaired) electrons. The SMILES string of the molecule is COc1ccc(Br)cc1/C=C/C(=O)NCCOc1ccccc1OC. The van der Waals surface area contributed by atoms with Gasteiger partial charge < -0.3 is 19.5 Å². The zero-order valence-electron chi connectivity index (χ0n) is 14.1. The third kappa shape index (κ3) is 5.83. The number of nitrogens with one attached hydrogen (secondary N) is 1. The van der Waals surface area contributed by atoms with E-state index >= 15 is 0 Å². The van der Waals surface area contributed by atoms with E-state index in [2.05, 4.69) is 21.2 Å². The second-order valence-corrected chi connectivity index (χ2v) is 5.93. The van der Waals surface area contributed by atoms with Crippen molar-refractivity contribution in [3.05, 3.63) is 58.6 Å². The smallest absolute Gasteiger partial charge is 0.244 e. The van der Waals surface area contributed by atoms with Crippen LogP contribution in [0.5, 0.6) is 17.2 Å². The van der Waals surface area contributed by atoms with Crippen molar-refractivity contribution in [2.24, 2.45) is 0 Å². The summed E-state index contributed by atoms with van der Waals surface area (Å²) in [6, 6.07) is 13.0. The minimum Gasteiger partial charge on any atom is -0.496 e. The molecule has 0 aliphatic carbocycles. The van der Waals surface area contributed by atoms with Crippen molar-refractivity contribution in [1.29, 1.82) is 0 Å². The third-order valence-electron chi connectivity index (χ3n) is 3.33.